The van der Waals surface area contributed by atoms with Gasteiger partial charge in [0, 0.05) is 38.4 Å². The lowest BCUT2D eigenvalue weighted by Crippen LogP contribution is -2.46. The van der Waals surface area contributed by atoms with Crippen molar-refractivity contribution < 1.29 is 9.13 Å². The first-order valence-corrected chi connectivity index (χ1v) is 8.22. The third-order valence-electron chi connectivity index (χ3n) is 4.49. The van der Waals surface area contributed by atoms with Crippen LogP contribution in [0.5, 0.6) is 5.88 Å². The Morgan fingerprint density at radius 1 is 1.29 bits per heavy atom. The van der Waals surface area contributed by atoms with E-state index in [1.54, 1.807) is 19.4 Å². The molecule has 0 amide bonds. The van der Waals surface area contributed by atoms with Crippen LogP contribution in [0.1, 0.15) is 18.4 Å². The van der Waals surface area contributed by atoms with Crippen LogP contribution in [0.4, 0.5) is 10.3 Å². The van der Waals surface area contributed by atoms with Crippen LogP contribution in [0.15, 0.2) is 36.5 Å². The first-order valence-electron chi connectivity index (χ1n) is 8.22. The van der Waals surface area contributed by atoms with E-state index in [1.807, 2.05) is 19.2 Å². The van der Waals surface area contributed by atoms with Crippen LogP contribution in [-0.4, -0.2) is 48.2 Å². The van der Waals surface area contributed by atoms with Gasteiger partial charge in [-0.25, -0.2) is 9.37 Å². The largest absolute Gasteiger partial charge is 0.481 e. The van der Waals surface area contributed by atoms with Gasteiger partial charge in [-0.15, -0.1) is 0 Å². The average molecular weight is 330 g/mol. The number of nitrogens with zero attached hydrogens (tertiary/aromatic N) is 4. The summed E-state index contributed by atoms with van der Waals surface area (Å²) in [6.07, 6.45) is 3.95. The zero-order valence-electron chi connectivity index (χ0n) is 14.2. The Morgan fingerprint density at radius 2 is 2.08 bits per heavy atom. The maximum Gasteiger partial charge on any atom is 0.228 e. The Hall–Kier alpha value is -2.21. The number of piperidine rings is 1. The van der Waals surface area contributed by atoms with Crippen LogP contribution in [0.25, 0.3) is 0 Å². The Morgan fingerprint density at radius 3 is 2.83 bits per heavy atom. The molecular formula is C18H23FN4O. The summed E-state index contributed by atoms with van der Waals surface area (Å²) in [5.74, 6) is 1.07. The van der Waals surface area contributed by atoms with E-state index in [9.17, 15) is 4.39 Å². The number of benzene rings is 1. The fourth-order valence-electron chi connectivity index (χ4n) is 3.12. The van der Waals surface area contributed by atoms with E-state index in [2.05, 4.69) is 19.8 Å². The Bertz CT molecular complexity index is 664. The van der Waals surface area contributed by atoms with E-state index in [-0.39, 0.29) is 5.82 Å². The molecule has 1 aromatic carbocycles. The van der Waals surface area contributed by atoms with Crippen LogP contribution < -0.4 is 9.64 Å². The molecule has 0 radical (unpaired) electrons. The lowest BCUT2D eigenvalue weighted by atomic mass is 10.0. The fourth-order valence-corrected chi connectivity index (χ4v) is 3.12. The van der Waals surface area contributed by atoms with Crippen LogP contribution in [0, 0.1) is 5.82 Å². The molecule has 1 saturated heterocycles. The smallest absolute Gasteiger partial charge is 0.228 e. The first kappa shape index (κ1) is 16.6. The first-order chi connectivity index (χ1) is 11.7. The minimum Gasteiger partial charge on any atom is -0.481 e. The number of halogens is 1. The Balaban J connectivity index is 1.64. The maximum atomic E-state index is 13.0. The molecule has 1 unspecified atom stereocenters. The normalized spacial score (nSPS) is 18.4. The van der Waals surface area contributed by atoms with Gasteiger partial charge in [0.1, 0.15) is 5.82 Å². The highest BCUT2D eigenvalue weighted by atomic mass is 19.1. The van der Waals surface area contributed by atoms with Crippen molar-refractivity contribution in [2.24, 2.45) is 0 Å². The van der Waals surface area contributed by atoms with Gasteiger partial charge in [0.2, 0.25) is 11.8 Å². The lowest BCUT2D eigenvalue weighted by Gasteiger charge is -2.37. The second kappa shape index (κ2) is 7.57. The van der Waals surface area contributed by atoms with Crippen LogP contribution in [0.3, 0.4) is 0 Å². The van der Waals surface area contributed by atoms with Crippen LogP contribution >= 0.6 is 0 Å². The van der Waals surface area contributed by atoms with Crippen molar-refractivity contribution in [3.05, 3.63) is 47.9 Å². The van der Waals surface area contributed by atoms with Crippen LogP contribution in [-0.2, 0) is 6.54 Å². The molecule has 1 aromatic heterocycles. The summed E-state index contributed by atoms with van der Waals surface area (Å²) in [5, 5.41) is 0. The fraction of sp³-hybridized carbons (Fsp3) is 0.444. The van der Waals surface area contributed by atoms with E-state index < -0.39 is 0 Å². The lowest BCUT2D eigenvalue weighted by molar-refractivity contribution is 0.198. The summed E-state index contributed by atoms with van der Waals surface area (Å²) in [6, 6.07) is 8.85. The highest BCUT2D eigenvalue weighted by Crippen LogP contribution is 2.21. The van der Waals surface area contributed by atoms with E-state index >= 15 is 0 Å². The number of methoxy groups -OCH3 is 1. The molecule has 1 aliphatic rings. The zero-order chi connectivity index (χ0) is 16.9. The highest BCUT2D eigenvalue weighted by molar-refractivity contribution is 5.32. The van der Waals surface area contributed by atoms with E-state index in [0.717, 1.165) is 38.0 Å². The van der Waals surface area contributed by atoms with E-state index in [0.29, 0.717) is 17.9 Å². The van der Waals surface area contributed by atoms with Crippen molar-refractivity contribution in [1.82, 2.24) is 14.9 Å². The van der Waals surface area contributed by atoms with Gasteiger partial charge >= 0.3 is 0 Å². The summed E-state index contributed by atoms with van der Waals surface area (Å²) in [4.78, 5) is 13.3. The third kappa shape index (κ3) is 4.00. The molecule has 24 heavy (non-hydrogen) atoms. The average Bonchev–Trinajstić information content (AvgIpc) is 2.63. The standard InChI is InChI=1S/C18H23FN4O/c1-22(18-20-10-9-17(21-18)24-2)16-4-3-11-23(13-16)12-14-5-7-15(19)8-6-14/h5-10,16H,3-4,11-13H2,1-2H3. The minimum atomic E-state index is -0.190. The van der Waals surface area contributed by atoms with E-state index in [1.165, 1.54) is 12.1 Å². The zero-order valence-corrected chi connectivity index (χ0v) is 14.2. The van der Waals surface area contributed by atoms with E-state index in [4.69, 9.17) is 4.74 Å². The van der Waals surface area contributed by atoms with Gasteiger partial charge in [-0.3, -0.25) is 4.90 Å². The van der Waals surface area contributed by atoms with Crippen molar-refractivity contribution in [1.29, 1.82) is 0 Å². The van der Waals surface area contributed by atoms with Crippen molar-refractivity contribution in [2.75, 3.05) is 32.1 Å². The summed E-state index contributed by atoms with van der Waals surface area (Å²) < 4.78 is 18.2. The summed E-state index contributed by atoms with van der Waals surface area (Å²) in [7, 11) is 3.64. The number of aromatic nitrogens is 2. The van der Waals surface area contributed by atoms with Crippen molar-refractivity contribution in [3.8, 4) is 5.88 Å². The molecule has 128 valence electrons. The SMILES string of the molecule is COc1ccnc(N(C)C2CCCN(Cc3ccc(F)cc3)C2)n1. The Labute approximate surface area is 142 Å². The summed E-state index contributed by atoms with van der Waals surface area (Å²) in [5.41, 5.74) is 1.14. The van der Waals surface area contributed by atoms with Crippen LogP contribution in [0.2, 0.25) is 0 Å². The minimum absolute atomic E-state index is 0.190. The molecule has 0 aliphatic carbocycles. The molecule has 2 heterocycles. The monoisotopic (exact) mass is 330 g/mol. The van der Waals surface area contributed by atoms with Gasteiger partial charge in [-0.1, -0.05) is 12.1 Å². The van der Waals surface area contributed by atoms with Gasteiger partial charge in [-0.05, 0) is 37.1 Å². The number of anilines is 1. The second-order valence-electron chi connectivity index (χ2n) is 6.17. The van der Waals surface area contributed by atoms with Gasteiger partial charge in [-0.2, -0.15) is 4.98 Å². The number of ether oxygens (including phenoxy) is 1. The van der Waals surface area contributed by atoms with Gasteiger partial charge in [0.05, 0.1) is 7.11 Å². The van der Waals surface area contributed by atoms with Gasteiger partial charge in [0.15, 0.2) is 0 Å². The number of hydrogen-bond acceptors (Lipinski definition) is 5. The number of hydrogen-bond donors (Lipinski definition) is 0. The Kier molecular flexibility index (Phi) is 5.25. The second-order valence-corrected chi connectivity index (χ2v) is 6.17. The molecule has 3 rings (SSSR count). The molecule has 0 bridgehead atoms. The van der Waals surface area contributed by atoms with Crippen molar-refractivity contribution in [3.63, 3.8) is 0 Å². The molecule has 0 N–H and O–H groups in total. The number of likely N-dealkylation sites (tertiary alicyclic amines) is 1. The molecule has 2 aromatic rings. The van der Waals surface area contributed by atoms with Gasteiger partial charge < -0.3 is 9.64 Å². The highest BCUT2D eigenvalue weighted by Gasteiger charge is 2.25. The molecule has 6 heteroatoms. The quantitative estimate of drug-likeness (QED) is 0.843. The van der Waals surface area contributed by atoms with Gasteiger partial charge in [0.25, 0.3) is 0 Å². The van der Waals surface area contributed by atoms with Crippen molar-refractivity contribution in [2.45, 2.75) is 25.4 Å². The number of rotatable bonds is 5. The maximum absolute atomic E-state index is 13.0. The number of likely N-dealkylation sites (N-methyl/N-ethyl adjacent to an activating group) is 1. The molecular weight excluding hydrogens is 307 g/mol. The topological polar surface area (TPSA) is 41.5 Å². The predicted octanol–water partition coefficient (Wildman–Crippen LogP) is 2.73. The summed E-state index contributed by atoms with van der Waals surface area (Å²) >= 11 is 0. The molecule has 5 nitrogen and oxygen atoms in total. The molecule has 1 atom stereocenters. The molecule has 1 fully saturated rings. The molecule has 0 saturated carbocycles. The predicted molar refractivity (Wildman–Crippen MR) is 91.7 cm³/mol. The third-order valence-corrected chi connectivity index (χ3v) is 4.49. The van der Waals surface area contributed by atoms with Crippen molar-refractivity contribution >= 4 is 5.95 Å². The summed E-state index contributed by atoms with van der Waals surface area (Å²) in [6.45, 7) is 2.83. The molecule has 0 spiro atoms. The molecule has 1 aliphatic heterocycles.